The van der Waals surface area contributed by atoms with Crippen LogP contribution in [-0.4, -0.2) is 55.6 Å². The number of likely N-dealkylation sites (N-methyl/N-ethyl adjacent to an activating group) is 1. The normalized spacial score (nSPS) is 16.1. The van der Waals surface area contributed by atoms with Gasteiger partial charge in [0, 0.05) is 42.3 Å². The summed E-state index contributed by atoms with van der Waals surface area (Å²) in [5, 5.41) is 10.3. The molecule has 0 radical (unpaired) electrons. The molecule has 1 unspecified atom stereocenters. The van der Waals surface area contributed by atoms with E-state index in [2.05, 4.69) is 5.32 Å². The molecular weight excluding hydrogens is 565 g/mol. The second-order valence-electron chi connectivity index (χ2n) is 9.24. The number of nitrogens with one attached hydrogen (secondary N) is 2. The van der Waals surface area contributed by atoms with Crippen molar-refractivity contribution in [2.75, 3.05) is 25.0 Å². The molecule has 1 saturated heterocycles. The third kappa shape index (κ3) is 7.46. The van der Waals surface area contributed by atoms with Crippen LogP contribution in [0.3, 0.4) is 0 Å². The second-order valence-corrected chi connectivity index (χ2v) is 9.24. The van der Waals surface area contributed by atoms with E-state index in [0.717, 1.165) is 23.2 Å². The smallest absolute Gasteiger partial charge is 0.420 e. The lowest BCUT2D eigenvalue weighted by molar-refractivity contribution is -0.143. The summed E-state index contributed by atoms with van der Waals surface area (Å²) < 4.78 is 107. The van der Waals surface area contributed by atoms with Gasteiger partial charge in [-0.3, -0.25) is 4.90 Å². The third-order valence-electron chi connectivity index (χ3n) is 5.86. The van der Waals surface area contributed by atoms with Gasteiger partial charge in [0.25, 0.3) is 0 Å². The Morgan fingerprint density at radius 1 is 1.17 bits per heavy atom. The summed E-state index contributed by atoms with van der Waals surface area (Å²) in [6.07, 6.45) is -11.9. The van der Waals surface area contributed by atoms with Crippen LogP contribution >= 0.6 is 0 Å². The number of benzene rings is 2. The first-order valence-corrected chi connectivity index (χ1v) is 12.0. The van der Waals surface area contributed by atoms with E-state index in [4.69, 9.17) is 14.9 Å². The van der Waals surface area contributed by atoms with Gasteiger partial charge in [0.05, 0.1) is 24.2 Å². The highest BCUT2D eigenvalue weighted by Gasteiger charge is 2.42. The summed E-state index contributed by atoms with van der Waals surface area (Å²) >= 11 is 0. The van der Waals surface area contributed by atoms with Gasteiger partial charge in [-0.05, 0) is 50.2 Å². The minimum absolute atomic E-state index is 0.0500. The van der Waals surface area contributed by atoms with Crippen molar-refractivity contribution < 1.29 is 49.8 Å². The molecule has 1 aliphatic heterocycles. The number of anilines is 1. The van der Waals surface area contributed by atoms with Crippen molar-refractivity contribution in [1.29, 1.82) is 5.41 Å². The summed E-state index contributed by atoms with van der Waals surface area (Å²) in [6.45, 7) is 3.06. The van der Waals surface area contributed by atoms with Gasteiger partial charge in [-0.15, -0.1) is 0 Å². The standard InChI is InChI=1S/C26H25F7N4O4/c1-14(2)37(18-6-4-17(27)5-7-18)24(39)41-22-20(8-16(25(28,29)30)9-21(22)26(31,32)33)15(10-34)11-35-12-19-13-36(3)23(38)40-19/h4-11,14,19,34-35H,12-13H2,1-3H3/b15-11+,34-10?. The van der Waals surface area contributed by atoms with Crippen LogP contribution in [-0.2, 0) is 17.1 Å². The van der Waals surface area contributed by atoms with Gasteiger partial charge >= 0.3 is 24.5 Å². The predicted molar refractivity (Wildman–Crippen MR) is 134 cm³/mol. The van der Waals surface area contributed by atoms with Gasteiger partial charge in [0.2, 0.25) is 0 Å². The Bertz CT molecular complexity index is 1320. The highest BCUT2D eigenvalue weighted by Crippen LogP contribution is 2.44. The van der Waals surface area contributed by atoms with Crippen molar-refractivity contribution in [1.82, 2.24) is 10.2 Å². The first-order valence-electron chi connectivity index (χ1n) is 12.0. The van der Waals surface area contributed by atoms with E-state index in [0.29, 0.717) is 12.3 Å². The van der Waals surface area contributed by atoms with Crippen molar-refractivity contribution in [2.45, 2.75) is 38.3 Å². The molecule has 1 fully saturated rings. The minimum atomic E-state index is -5.41. The molecule has 0 aromatic heterocycles. The summed E-state index contributed by atoms with van der Waals surface area (Å²) in [7, 11) is 1.47. The van der Waals surface area contributed by atoms with Crippen LogP contribution in [0.2, 0.25) is 0 Å². The van der Waals surface area contributed by atoms with E-state index in [-0.39, 0.29) is 24.8 Å². The highest BCUT2D eigenvalue weighted by molar-refractivity contribution is 6.10. The number of rotatable bonds is 8. The van der Waals surface area contributed by atoms with Gasteiger partial charge in [0.15, 0.2) is 5.75 Å². The molecule has 1 aliphatic rings. The summed E-state index contributed by atoms with van der Waals surface area (Å²) in [6, 6.07) is 3.77. The molecule has 2 N–H and O–H groups in total. The number of allylic oxidation sites excluding steroid dienone is 1. The zero-order valence-electron chi connectivity index (χ0n) is 21.9. The molecule has 1 heterocycles. The molecule has 1 atom stereocenters. The number of amides is 2. The maximum atomic E-state index is 14.1. The Morgan fingerprint density at radius 2 is 1.80 bits per heavy atom. The van der Waals surface area contributed by atoms with E-state index in [1.807, 2.05) is 0 Å². The molecule has 41 heavy (non-hydrogen) atoms. The summed E-state index contributed by atoms with van der Waals surface area (Å²) in [5.74, 6) is -1.92. The zero-order chi connectivity index (χ0) is 30.7. The van der Waals surface area contributed by atoms with Crippen LogP contribution in [0.5, 0.6) is 5.75 Å². The molecule has 0 aliphatic carbocycles. The van der Waals surface area contributed by atoms with E-state index < -0.39 is 70.5 Å². The van der Waals surface area contributed by atoms with Crippen molar-refractivity contribution in [3.63, 3.8) is 0 Å². The Balaban J connectivity index is 2.11. The molecule has 2 aromatic carbocycles. The number of hydrogen-bond donors (Lipinski definition) is 2. The van der Waals surface area contributed by atoms with Crippen LogP contribution in [0, 0.1) is 11.2 Å². The van der Waals surface area contributed by atoms with Gasteiger partial charge in [-0.2, -0.15) is 26.3 Å². The molecule has 0 saturated carbocycles. The molecule has 2 amide bonds. The summed E-state index contributed by atoms with van der Waals surface area (Å²) in [5.41, 5.74) is -4.91. The lowest BCUT2D eigenvalue weighted by atomic mass is 9.98. The van der Waals surface area contributed by atoms with E-state index >= 15 is 0 Å². The van der Waals surface area contributed by atoms with Gasteiger partial charge in [-0.1, -0.05) is 0 Å². The van der Waals surface area contributed by atoms with Crippen LogP contribution in [0.25, 0.3) is 5.57 Å². The molecule has 0 bridgehead atoms. The van der Waals surface area contributed by atoms with Crippen molar-refractivity contribution >= 4 is 29.7 Å². The van der Waals surface area contributed by atoms with E-state index in [1.165, 1.54) is 37.9 Å². The van der Waals surface area contributed by atoms with Gasteiger partial charge in [-0.25, -0.2) is 14.0 Å². The molecule has 2 aromatic rings. The Labute approximate surface area is 229 Å². The zero-order valence-corrected chi connectivity index (χ0v) is 21.9. The fourth-order valence-electron chi connectivity index (χ4n) is 3.93. The first kappa shape index (κ1) is 31.2. The van der Waals surface area contributed by atoms with Gasteiger partial charge in [0.1, 0.15) is 11.9 Å². The molecule has 3 rings (SSSR count). The Morgan fingerprint density at radius 3 is 2.29 bits per heavy atom. The topological polar surface area (TPSA) is 95.0 Å². The molecule has 222 valence electrons. The first-order chi connectivity index (χ1) is 19.0. The lowest BCUT2D eigenvalue weighted by Crippen LogP contribution is -2.39. The third-order valence-corrected chi connectivity index (χ3v) is 5.86. The fraction of sp³-hybridized carbons (Fsp3) is 0.346. The van der Waals surface area contributed by atoms with E-state index in [9.17, 15) is 40.3 Å². The minimum Gasteiger partial charge on any atom is -0.442 e. The van der Waals surface area contributed by atoms with Crippen molar-refractivity contribution in [3.8, 4) is 5.75 Å². The fourth-order valence-corrected chi connectivity index (χ4v) is 3.93. The lowest BCUT2D eigenvalue weighted by Gasteiger charge is -2.27. The van der Waals surface area contributed by atoms with Crippen LogP contribution in [0.1, 0.15) is 30.5 Å². The number of cyclic esters (lactones) is 1. The van der Waals surface area contributed by atoms with Crippen LogP contribution in [0.4, 0.5) is 46.0 Å². The predicted octanol–water partition coefficient (Wildman–Crippen LogP) is 6.31. The quantitative estimate of drug-likeness (QED) is 0.278. The number of ether oxygens (including phenoxy) is 2. The van der Waals surface area contributed by atoms with Crippen LogP contribution in [0.15, 0.2) is 42.6 Å². The number of alkyl halides is 6. The number of hydrogen-bond acceptors (Lipinski definition) is 6. The molecule has 15 heteroatoms. The van der Waals surface area contributed by atoms with Crippen molar-refractivity contribution in [3.05, 3.63) is 65.1 Å². The Kier molecular flexibility index (Phi) is 9.19. The average molecular weight is 590 g/mol. The monoisotopic (exact) mass is 590 g/mol. The number of carbonyl (C=O) groups excluding carboxylic acids is 2. The summed E-state index contributed by atoms with van der Waals surface area (Å²) in [4.78, 5) is 26.9. The SMILES string of the molecule is CC(C)N(C(=O)Oc1c(/C(C=N)=C/NCC2CN(C)C(=O)O2)cc(C(F)(F)F)cc1C(F)(F)F)c1ccc(F)cc1. The molecular formula is C26H25F7N4O4. The average Bonchev–Trinajstić information content (AvgIpc) is 3.18. The van der Waals surface area contributed by atoms with Crippen LogP contribution < -0.4 is 15.0 Å². The largest absolute Gasteiger partial charge is 0.442 e. The number of carbonyl (C=O) groups is 2. The molecule has 8 nitrogen and oxygen atoms in total. The van der Waals surface area contributed by atoms with Crippen molar-refractivity contribution in [2.24, 2.45) is 0 Å². The maximum absolute atomic E-state index is 14.1. The number of halogens is 7. The Hall–Kier alpha value is -4.30. The highest BCUT2D eigenvalue weighted by atomic mass is 19.4. The van der Waals surface area contributed by atoms with E-state index in [1.54, 1.807) is 0 Å². The number of nitrogens with zero attached hydrogens (tertiary/aromatic N) is 2. The second kappa shape index (κ2) is 12.1. The maximum Gasteiger partial charge on any atom is 0.420 e. The van der Waals surface area contributed by atoms with Gasteiger partial charge < -0.3 is 25.1 Å². The molecule has 0 spiro atoms.